The van der Waals surface area contributed by atoms with E-state index in [2.05, 4.69) is 18.5 Å². The fraction of sp³-hybridized carbons (Fsp3) is 0.571. The standard InChI is InChI=1S/C14H23NO3S/c1-10(5-6-19-4)15-9-11-7-12(17-2)14(16)13(8-11)18-3/h7-8,10,15-16H,5-6,9H2,1-4H3. The highest BCUT2D eigenvalue weighted by molar-refractivity contribution is 7.98. The van der Waals surface area contributed by atoms with Crippen LogP contribution in [-0.4, -0.2) is 37.4 Å². The van der Waals surface area contributed by atoms with Crippen LogP contribution in [0.2, 0.25) is 0 Å². The molecule has 108 valence electrons. The Hall–Kier alpha value is -1.07. The van der Waals surface area contributed by atoms with E-state index in [1.807, 2.05) is 23.9 Å². The van der Waals surface area contributed by atoms with Gasteiger partial charge in [0.05, 0.1) is 14.2 Å². The molecule has 2 N–H and O–H groups in total. The lowest BCUT2D eigenvalue weighted by Crippen LogP contribution is -2.26. The Morgan fingerprint density at radius 3 is 2.32 bits per heavy atom. The number of nitrogens with one attached hydrogen (secondary N) is 1. The van der Waals surface area contributed by atoms with E-state index >= 15 is 0 Å². The third kappa shape index (κ3) is 4.84. The first-order valence-electron chi connectivity index (χ1n) is 6.28. The highest BCUT2D eigenvalue weighted by Gasteiger charge is 2.11. The molecule has 5 heteroatoms. The molecule has 0 saturated heterocycles. The van der Waals surface area contributed by atoms with Crippen LogP contribution in [0.3, 0.4) is 0 Å². The van der Waals surface area contributed by atoms with Crippen molar-refractivity contribution in [2.45, 2.75) is 25.9 Å². The van der Waals surface area contributed by atoms with E-state index in [9.17, 15) is 5.11 Å². The average molecular weight is 285 g/mol. The number of phenols is 1. The smallest absolute Gasteiger partial charge is 0.200 e. The van der Waals surface area contributed by atoms with Gasteiger partial charge in [0.1, 0.15) is 0 Å². The maximum absolute atomic E-state index is 9.83. The Labute approximate surface area is 119 Å². The molecule has 0 aliphatic rings. The minimum atomic E-state index is 0.0455. The molecule has 0 radical (unpaired) electrons. The minimum Gasteiger partial charge on any atom is -0.502 e. The maximum Gasteiger partial charge on any atom is 0.200 e. The predicted octanol–water partition coefficient (Wildman–Crippen LogP) is 2.64. The van der Waals surface area contributed by atoms with E-state index in [0.717, 1.165) is 24.3 Å². The molecule has 0 saturated carbocycles. The first kappa shape index (κ1) is 16.0. The number of methoxy groups -OCH3 is 2. The van der Waals surface area contributed by atoms with Crippen LogP contribution >= 0.6 is 11.8 Å². The molecule has 19 heavy (non-hydrogen) atoms. The number of hydrogen-bond acceptors (Lipinski definition) is 5. The monoisotopic (exact) mass is 285 g/mol. The summed E-state index contributed by atoms with van der Waals surface area (Å²) in [7, 11) is 3.07. The molecule has 1 rings (SSSR count). The third-order valence-corrected chi connectivity index (χ3v) is 3.59. The lowest BCUT2D eigenvalue weighted by molar-refractivity contribution is 0.338. The molecule has 0 amide bonds. The van der Waals surface area contributed by atoms with Gasteiger partial charge in [0.25, 0.3) is 0 Å². The average Bonchev–Trinajstić information content (AvgIpc) is 2.43. The Bertz CT molecular complexity index is 373. The van der Waals surface area contributed by atoms with E-state index in [4.69, 9.17) is 9.47 Å². The van der Waals surface area contributed by atoms with Gasteiger partial charge in [-0.25, -0.2) is 0 Å². The predicted molar refractivity (Wildman–Crippen MR) is 80.5 cm³/mol. The van der Waals surface area contributed by atoms with Gasteiger partial charge in [-0.05, 0) is 43.0 Å². The minimum absolute atomic E-state index is 0.0455. The summed E-state index contributed by atoms with van der Waals surface area (Å²) in [6.45, 7) is 2.90. The van der Waals surface area contributed by atoms with Crippen LogP contribution in [0.25, 0.3) is 0 Å². The van der Waals surface area contributed by atoms with Crippen LogP contribution in [0.1, 0.15) is 18.9 Å². The number of rotatable bonds is 8. The van der Waals surface area contributed by atoms with Gasteiger partial charge in [-0.1, -0.05) is 0 Å². The number of thioether (sulfide) groups is 1. The molecule has 0 aliphatic carbocycles. The number of ether oxygens (including phenoxy) is 2. The van der Waals surface area contributed by atoms with E-state index in [1.54, 1.807) is 0 Å². The van der Waals surface area contributed by atoms with Crippen molar-refractivity contribution in [3.63, 3.8) is 0 Å². The summed E-state index contributed by atoms with van der Waals surface area (Å²) in [6.07, 6.45) is 3.25. The Kier molecular flexibility index (Phi) is 6.87. The van der Waals surface area contributed by atoms with Gasteiger partial charge in [-0.2, -0.15) is 11.8 Å². The van der Waals surface area contributed by atoms with Gasteiger partial charge in [0.2, 0.25) is 5.75 Å². The molecule has 0 spiro atoms. The second-order valence-electron chi connectivity index (χ2n) is 4.41. The Morgan fingerprint density at radius 2 is 1.84 bits per heavy atom. The number of phenolic OH excluding ortho intramolecular Hbond substituents is 1. The van der Waals surface area contributed by atoms with Crippen LogP contribution in [0, 0.1) is 0 Å². The summed E-state index contributed by atoms with van der Waals surface area (Å²) >= 11 is 1.85. The van der Waals surface area contributed by atoms with E-state index in [1.165, 1.54) is 14.2 Å². The zero-order chi connectivity index (χ0) is 14.3. The molecule has 1 aromatic carbocycles. The van der Waals surface area contributed by atoms with Crippen LogP contribution in [-0.2, 0) is 6.54 Å². The molecule has 0 bridgehead atoms. The largest absolute Gasteiger partial charge is 0.502 e. The Morgan fingerprint density at radius 1 is 1.26 bits per heavy atom. The SMILES string of the molecule is COc1cc(CNC(C)CCSC)cc(OC)c1O. The molecule has 0 heterocycles. The van der Waals surface area contributed by atoms with Crippen LogP contribution in [0.4, 0.5) is 0 Å². The summed E-state index contributed by atoms with van der Waals surface area (Å²) in [4.78, 5) is 0. The molecular formula is C14H23NO3S. The third-order valence-electron chi connectivity index (χ3n) is 2.95. The highest BCUT2D eigenvalue weighted by Crippen LogP contribution is 2.37. The summed E-state index contributed by atoms with van der Waals surface area (Å²) in [5, 5.41) is 13.3. The van der Waals surface area contributed by atoms with Gasteiger partial charge in [0, 0.05) is 12.6 Å². The van der Waals surface area contributed by atoms with Crippen molar-refractivity contribution in [2.24, 2.45) is 0 Å². The molecule has 0 fully saturated rings. The normalized spacial score (nSPS) is 12.2. The molecule has 4 nitrogen and oxygen atoms in total. The van der Waals surface area contributed by atoms with Crippen LogP contribution < -0.4 is 14.8 Å². The van der Waals surface area contributed by atoms with Crippen molar-refractivity contribution in [2.75, 3.05) is 26.2 Å². The van der Waals surface area contributed by atoms with Crippen molar-refractivity contribution in [3.8, 4) is 17.2 Å². The maximum atomic E-state index is 9.83. The summed E-state index contributed by atoms with van der Waals surface area (Å²) in [5.74, 6) is 2.07. The van der Waals surface area contributed by atoms with Crippen molar-refractivity contribution in [1.29, 1.82) is 0 Å². The first-order chi connectivity index (χ1) is 9.12. The molecule has 1 atom stereocenters. The Balaban J connectivity index is 2.68. The summed E-state index contributed by atoms with van der Waals surface area (Å²) in [5.41, 5.74) is 1.03. The molecule has 0 aromatic heterocycles. The fourth-order valence-corrected chi connectivity index (χ4v) is 2.33. The van der Waals surface area contributed by atoms with Gasteiger partial charge in [-0.3, -0.25) is 0 Å². The zero-order valence-electron chi connectivity index (χ0n) is 12.0. The van der Waals surface area contributed by atoms with Gasteiger partial charge >= 0.3 is 0 Å². The van der Waals surface area contributed by atoms with Gasteiger partial charge in [0.15, 0.2) is 11.5 Å². The molecule has 1 aromatic rings. The second-order valence-corrected chi connectivity index (χ2v) is 5.40. The summed E-state index contributed by atoms with van der Waals surface area (Å²) in [6, 6.07) is 4.11. The number of hydrogen-bond donors (Lipinski definition) is 2. The molecular weight excluding hydrogens is 262 g/mol. The second kappa shape index (κ2) is 8.17. The molecule has 1 unspecified atom stereocenters. The van der Waals surface area contributed by atoms with Gasteiger partial charge in [-0.15, -0.1) is 0 Å². The number of benzene rings is 1. The lowest BCUT2D eigenvalue weighted by Gasteiger charge is -2.15. The van der Waals surface area contributed by atoms with Crippen LogP contribution in [0.5, 0.6) is 17.2 Å². The van der Waals surface area contributed by atoms with Crippen molar-refractivity contribution < 1.29 is 14.6 Å². The zero-order valence-corrected chi connectivity index (χ0v) is 12.8. The van der Waals surface area contributed by atoms with Gasteiger partial charge < -0.3 is 19.9 Å². The quantitative estimate of drug-likeness (QED) is 0.769. The van der Waals surface area contributed by atoms with Crippen molar-refractivity contribution >= 4 is 11.8 Å². The first-order valence-corrected chi connectivity index (χ1v) is 7.68. The van der Waals surface area contributed by atoms with Crippen LogP contribution in [0.15, 0.2) is 12.1 Å². The van der Waals surface area contributed by atoms with E-state index in [-0.39, 0.29) is 5.75 Å². The highest BCUT2D eigenvalue weighted by atomic mass is 32.2. The number of aromatic hydroxyl groups is 1. The van der Waals surface area contributed by atoms with E-state index in [0.29, 0.717) is 17.5 Å². The van der Waals surface area contributed by atoms with Crippen molar-refractivity contribution in [1.82, 2.24) is 5.32 Å². The molecule has 0 aliphatic heterocycles. The lowest BCUT2D eigenvalue weighted by atomic mass is 10.1. The topological polar surface area (TPSA) is 50.7 Å². The fourth-order valence-electron chi connectivity index (χ4n) is 1.74. The summed E-state index contributed by atoms with van der Waals surface area (Å²) < 4.78 is 10.3. The van der Waals surface area contributed by atoms with E-state index < -0.39 is 0 Å². The van der Waals surface area contributed by atoms with Crippen molar-refractivity contribution in [3.05, 3.63) is 17.7 Å².